The molecule has 0 aromatic carbocycles. The molecule has 2 heterocycles. The first-order chi connectivity index (χ1) is 7.81. The SMILES string of the molecule is Brc1cc(-c2nc(CNC3CC3)no2)cs1. The van der Waals surface area contributed by atoms with Crippen LogP contribution in [0.3, 0.4) is 0 Å². The fourth-order valence-corrected chi connectivity index (χ4v) is 2.52. The third kappa shape index (κ3) is 2.34. The van der Waals surface area contributed by atoms with Gasteiger partial charge in [0.05, 0.1) is 15.9 Å². The molecule has 0 bridgehead atoms. The van der Waals surface area contributed by atoms with E-state index in [9.17, 15) is 0 Å². The van der Waals surface area contributed by atoms with Gasteiger partial charge >= 0.3 is 0 Å². The number of hydrogen-bond donors (Lipinski definition) is 1. The summed E-state index contributed by atoms with van der Waals surface area (Å²) in [4.78, 5) is 4.34. The van der Waals surface area contributed by atoms with Crippen LogP contribution < -0.4 is 5.32 Å². The van der Waals surface area contributed by atoms with Gasteiger partial charge in [0, 0.05) is 11.4 Å². The maximum absolute atomic E-state index is 5.20. The van der Waals surface area contributed by atoms with Crippen LogP contribution in [0.5, 0.6) is 0 Å². The summed E-state index contributed by atoms with van der Waals surface area (Å²) in [5, 5.41) is 9.29. The number of aromatic nitrogens is 2. The predicted molar refractivity (Wildman–Crippen MR) is 65.2 cm³/mol. The Morgan fingerprint density at radius 3 is 3.12 bits per heavy atom. The highest BCUT2D eigenvalue weighted by Gasteiger charge is 2.21. The van der Waals surface area contributed by atoms with Crippen LogP contribution in [0.15, 0.2) is 19.8 Å². The molecule has 3 rings (SSSR count). The lowest BCUT2D eigenvalue weighted by molar-refractivity contribution is 0.419. The van der Waals surface area contributed by atoms with Crippen molar-refractivity contribution >= 4 is 27.3 Å². The van der Waals surface area contributed by atoms with Crippen molar-refractivity contribution in [3.63, 3.8) is 0 Å². The second-order valence-electron chi connectivity index (χ2n) is 3.81. The average molecular weight is 300 g/mol. The number of nitrogens with zero attached hydrogens (tertiary/aromatic N) is 2. The van der Waals surface area contributed by atoms with Gasteiger partial charge in [0.25, 0.3) is 5.89 Å². The van der Waals surface area contributed by atoms with Crippen molar-refractivity contribution in [3.05, 3.63) is 21.1 Å². The maximum atomic E-state index is 5.20. The average Bonchev–Trinajstić information content (AvgIpc) is 2.81. The Hall–Kier alpha value is -0.720. The molecule has 1 N–H and O–H groups in total. The Bertz CT molecular complexity index is 492. The molecule has 0 saturated heterocycles. The first-order valence-corrected chi connectivity index (χ1v) is 6.79. The standard InChI is InChI=1S/C10H10BrN3OS/c11-8-3-6(5-16-8)10-13-9(14-15-10)4-12-7-1-2-7/h3,5,7,12H,1-2,4H2. The van der Waals surface area contributed by atoms with Gasteiger partial charge < -0.3 is 9.84 Å². The van der Waals surface area contributed by atoms with Gasteiger partial charge in [0.2, 0.25) is 0 Å². The summed E-state index contributed by atoms with van der Waals surface area (Å²) in [6.07, 6.45) is 2.53. The van der Waals surface area contributed by atoms with Gasteiger partial charge in [-0.3, -0.25) is 0 Å². The Morgan fingerprint density at radius 2 is 2.44 bits per heavy atom. The second kappa shape index (κ2) is 4.27. The van der Waals surface area contributed by atoms with Crippen molar-refractivity contribution in [2.75, 3.05) is 0 Å². The minimum absolute atomic E-state index is 0.592. The lowest BCUT2D eigenvalue weighted by Crippen LogP contribution is -2.16. The van der Waals surface area contributed by atoms with Crippen molar-refractivity contribution in [1.82, 2.24) is 15.5 Å². The zero-order valence-electron chi connectivity index (χ0n) is 8.44. The first-order valence-electron chi connectivity index (χ1n) is 5.11. The van der Waals surface area contributed by atoms with Crippen LogP contribution in [0.25, 0.3) is 11.5 Å². The molecular formula is C10H10BrN3OS. The molecule has 16 heavy (non-hydrogen) atoms. The molecule has 0 radical (unpaired) electrons. The van der Waals surface area contributed by atoms with Crippen LogP contribution in [0.2, 0.25) is 0 Å². The molecule has 0 spiro atoms. The van der Waals surface area contributed by atoms with Gasteiger partial charge in [0.15, 0.2) is 5.82 Å². The van der Waals surface area contributed by atoms with Crippen molar-refractivity contribution in [1.29, 1.82) is 0 Å². The summed E-state index contributed by atoms with van der Waals surface area (Å²) in [6.45, 7) is 0.694. The van der Waals surface area contributed by atoms with Gasteiger partial charge in [0.1, 0.15) is 0 Å². The molecule has 1 aliphatic rings. The molecule has 0 aliphatic heterocycles. The summed E-state index contributed by atoms with van der Waals surface area (Å²) >= 11 is 5.02. The summed E-state index contributed by atoms with van der Waals surface area (Å²) in [5.41, 5.74) is 0.974. The van der Waals surface area contributed by atoms with Crippen LogP contribution in [0.4, 0.5) is 0 Å². The lowest BCUT2D eigenvalue weighted by Gasteiger charge is -1.94. The van der Waals surface area contributed by atoms with E-state index in [2.05, 4.69) is 31.4 Å². The normalized spacial score (nSPS) is 15.6. The van der Waals surface area contributed by atoms with Gasteiger partial charge in [-0.05, 0) is 34.8 Å². The molecule has 2 aromatic rings. The third-order valence-corrected chi connectivity index (χ3v) is 3.91. The zero-order valence-corrected chi connectivity index (χ0v) is 10.8. The zero-order chi connectivity index (χ0) is 11.0. The van der Waals surface area contributed by atoms with Crippen LogP contribution in [0.1, 0.15) is 18.7 Å². The lowest BCUT2D eigenvalue weighted by atomic mass is 10.3. The highest BCUT2D eigenvalue weighted by atomic mass is 79.9. The van der Waals surface area contributed by atoms with E-state index in [1.54, 1.807) is 11.3 Å². The molecule has 0 unspecified atom stereocenters. The topological polar surface area (TPSA) is 51.0 Å². The van der Waals surface area contributed by atoms with E-state index in [4.69, 9.17) is 4.52 Å². The quantitative estimate of drug-likeness (QED) is 0.943. The highest BCUT2D eigenvalue weighted by molar-refractivity contribution is 9.11. The van der Waals surface area contributed by atoms with Crippen LogP contribution in [-0.4, -0.2) is 16.2 Å². The fourth-order valence-electron chi connectivity index (χ4n) is 1.39. The number of nitrogens with one attached hydrogen (secondary N) is 1. The monoisotopic (exact) mass is 299 g/mol. The Balaban J connectivity index is 1.71. The van der Waals surface area contributed by atoms with E-state index in [1.807, 2.05) is 11.4 Å². The molecule has 1 saturated carbocycles. The van der Waals surface area contributed by atoms with Crippen LogP contribution >= 0.6 is 27.3 Å². The van der Waals surface area contributed by atoms with E-state index in [-0.39, 0.29) is 0 Å². The smallest absolute Gasteiger partial charge is 0.258 e. The van der Waals surface area contributed by atoms with Crippen molar-refractivity contribution < 1.29 is 4.52 Å². The minimum Gasteiger partial charge on any atom is -0.334 e. The Morgan fingerprint density at radius 1 is 1.56 bits per heavy atom. The van der Waals surface area contributed by atoms with Crippen LogP contribution in [0, 0.1) is 0 Å². The number of rotatable bonds is 4. The van der Waals surface area contributed by atoms with E-state index < -0.39 is 0 Å². The molecule has 0 amide bonds. The van der Waals surface area contributed by atoms with E-state index >= 15 is 0 Å². The predicted octanol–water partition coefficient (Wildman–Crippen LogP) is 2.81. The van der Waals surface area contributed by atoms with E-state index in [0.29, 0.717) is 18.5 Å². The molecule has 0 atom stereocenters. The van der Waals surface area contributed by atoms with Gasteiger partial charge in [-0.15, -0.1) is 11.3 Å². The highest BCUT2D eigenvalue weighted by Crippen LogP contribution is 2.27. The molecule has 84 valence electrons. The molecule has 4 nitrogen and oxygen atoms in total. The molecular weight excluding hydrogens is 290 g/mol. The molecule has 1 aliphatic carbocycles. The summed E-state index contributed by atoms with van der Waals surface area (Å²) in [5.74, 6) is 1.32. The molecule has 2 aromatic heterocycles. The van der Waals surface area contributed by atoms with Crippen LogP contribution in [-0.2, 0) is 6.54 Å². The maximum Gasteiger partial charge on any atom is 0.258 e. The summed E-state index contributed by atoms with van der Waals surface area (Å²) < 4.78 is 6.27. The first kappa shape index (κ1) is 10.4. The van der Waals surface area contributed by atoms with E-state index in [0.717, 1.165) is 15.2 Å². The van der Waals surface area contributed by atoms with Gasteiger partial charge in [-0.25, -0.2) is 0 Å². The van der Waals surface area contributed by atoms with Crippen molar-refractivity contribution in [2.45, 2.75) is 25.4 Å². The summed E-state index contributed by atoms with van der Waals surface area (Å²) in [7, 11) is 0. The number of thiophene rings is 1. The third-order valence-electron chi connectivity index (χ3n) is 2.41. The number of halogens is 1. The van der Waals surface area contributed by atoms with Crippen molar-refractivity contribution in [3.8, 4) is 11.5 Å². The Kier molecular flexibility index (Phi) is 2.79. The Labute approximate surface area is 105 Å². The van der Waals surface area contributed by atoms with E-state index in [1.165, 1.54) is 12.8 Å². The summed E-state index contributed by atoms with van der Waals surface area (Å²) in [6, 6.07) is 2.65. The van der Waals surface area contributed by atoms with Gasteiger partial charge in [-0.2, -0.15) is 4.98 Å². The fraction of sp³-hybridized carbons (Fsp3) is 0.400. The second-order valence-corrected chi connectivity index (χ2v) is 6.10. The number of hydrogen-bond acceptors (Lipinski definition) is 5. The molecule has 1 fully saturated rings. The van der Waals surface area contributed by atoms with Gasteiger partial charge in [-0.1, -0.05) is 5.16 Å². The molecule has 6 heteroatoms. The largest absolute Gasteiger partial charge is 0.334 e. The minimum atomic E-state index is 0.592. The van der Waals surface area contributed by atoms with Crippen molar-refractivity contribution in [2.24, 2.45) is 0 Å².